The standard InChI is InChI=1S/C15H32N4S.HI/c1-6-8-19-9-7-13(11-19)10-17-14(16-4)18-12-15(2,3)20-5;/h13H,6-12H2,1-5H3,(H2,16,17,18);1H. The molecular formula is C15H33IN4S. The van der Waals surface area contributed by atoms with Gasteiger partial charge in [-0.1, -0.05) is 6.92 Å². The summed E-state index contributed by atoms with van der Waals surface area (Å²) in [6, 6.07) is 0. The first-order valence-electron chi connectivity index (χ1n) is 7.72. The van der Waals surface area contributed by atoms with Crippen LogP contribution in [0.5, 0.6) is 0 Å². The molecule has 6 heteroatoms. The van der Waals surface area contributed by atoms with Crippen LogP contribution in [-0.2, 0) is 0 Å². The maximum atomic E-state index is 4.31. The molecule has 0 bridgehead atoms. The Morgan fingerprint density at radius 3 is 2.67 bits per heavy atom. The minimum Gasteiger partial charge on any atom is -0.356 e. The van der Waals surface area contributed by atoms with Crippen LogP contribution in [0.25, 0.3) is 0 Å². The maximum Gasteiger partial charge on any atom is 0.191 e. The zero-order valence-corrected chi connectivity index (χ0v) is 17.4. The smallest absolute Gasteiger partial charge is 0.191 e. The molecule has 1 heterocycles. The van der Waals surface area contributed by atoms with Crippen molar-refractivity contribution in [3.05, 3.63) is 0 Å². The van der Waals surface area contributed by atoms with Crippen LogP contribution in [0, 0.1) is 5.92 Å². The Morgan fingerprint density at radius 2 is 2.10 bits per heavy atom. The SMILES string of the molecule is CCCN1CCC(CNC(=NC)NCC(C)(C)SC)C1.I. The fourth-order valence-corrected chi connectivity index (χ4v) is 2.65. The Kier molecular flexibility index (Phi) is 11.1. The predicted octanol–water partition coefficient (Wildman–Crippen LogP) is 2.64. The summed E-state index contributed by atoms with van der Waals surface area (Å²) in [5.74, 6) is 1.69. The third-order valence-electron chi connectivity index (χ3n) is 3.93. The number of thioether (sulfide) groups is 1. The third kappa shape index (κ3) is 8.50. The van der Waals surface area contributed by atoms with E-state index >= 15 is 0 Å². The van der Waals surface area contributed by atoms with Crippen molar-refractivity contribution in [3.8, 4) is 0 Å². The molecule has 2 N–H and O–H groups in total. The molecule has 0 saturated carbocycles. The highest BCUT2D eigenvalue weighted by atomic mass is 127. The molecule has 1 atom stereocenters. The number of likely N-dealkylation sites (tertiary alicyclic amines) is 1. The van der Waals surface area contributed by atoms with Crippen LogP contribution in [0.2, 0.25) is 0 Å². The molecule has 1 aliphatic heterocycles. The first-order chi connectivity index (χ1) is 9.50. The van der Waals surface area contributed by atoms with Crippen LogP contribution < -0.4 is 10.6 Å². The van der Waals surface area contributed by atoms with Gasteiger partial charge in [-0.3, -0.25) is 4.99 Å². The lowest BCUT2D eigenvalue weighted by Crippen LogP contribution is -2.44. The van der Waals surface area contributed by atoms with E-state index in [9.17, 15) is 0 Å². The lowest BCUT2D eigenvalue weighted by Gasteiger charge is -2.24. The molecule has 0 aliphatic carbocycles. The largest absolute Gasteiger partial charge is 0.356 e. The molecule has 0 spiro atoms. The second-order valence-corrected chi connectivity index (χ2v) is 7.74. The number of nitrogens with zero attached hydrogens (tertiary/aromatic N) is 2. The summed E-state index contributed by atoms with van der Waals surface area (Å²) >= 11 is 1.88. The topological polar surface area (TPSA) is 39.7 Å². The van der Waals surface area contributed by atoms with Crippen molar-refractivity contribution < 1.29 is 0 Å². The molecule has 0 aromatic rings. The highest BCUT2D eigenvalue weighted by Gasteiger charge is 2.22. The number of halogens is 1. The van der Waals surface area contributed by atoms with E-state index in [2.05, 4.69) is 47.6 Å². The van der Waals surface area contributed by atoms with Gasteiger partial charge in [0.05, 0.1) is 0 Å². The van der Waals surface area contributed by atoms with Crippen molar-refractivity contribution in [2.75, 3.05) is 46.0 Å². The maximum absolute atomic E-state index is 4.31. The van der Waals surface area contributed by atoms with Crippen molar-refractivity contribution in [2.45, 2.75) is 38.4 Å². The zero-order valence-electron chi connectivity index (χ0n) is 14.2. The van der Waals surface area contributed by atoms with Gasteiger partial charge in [-0.15, -0.1) is 24.0 Å². The minimum absolute atomic E-state index is 0. The molecule has 1 rings (SSSR count). The van der Waals surface area contributed by atoms with Gasteiger partial charge in [0.15, 0.2) is 5.96 Å². The summed E-state index contributed by atoms with van der Waals surface area (Å²) < 4.78 is 0.239. The molecule has 0 amide bonds. The van der Waals surface area contributed by atoms with Gasteiger partial charge >= 0.3 is 0 Å². The Bertz CT molecular complexity index is 310. The molecule has 126 valence electrons. The van der Waals surface area contributed by atoms with Crippen LogP contribution in [0.4, 0.5) is 0 Å². The van der Waals surface area contributed by atoms with Gasteiger partial charge in [0.25, 0.3) is 0 Å². The molecule has 1 fully saturated rings. The number of aliphatic imine (C=N–C) groups is 1. The highest BCUT2D eigenvalue weighted by molar-refractivity contribution is 14.0. The second kappa shape index (κ2) is 10.9. The molecule has 1 unspecified atom stereocenters. The van der Waals surface area contributed by atoms with E-state index in [1.165, 1.54) is 32.5 Å². The van der Waals surface area contributed by atoms with Crippen molar-refractivity contribution in [2.24, 2.45) is 10.9 Å². The van der Waals surface area contributed by atoms with Gasteiger partial charge in [0.1, 0.15) is 0 Å². The van der Waals surface area contributed by atoms with Gasteiger partial charge in [-0.05, 0) is 52.0 Å². The van der Waals surface area contributed by atoms with E-state index in [-0.39, 0.29) is 28.7 Å². The number of rotatable bonds is 7. The first kappa shape index (κ1) is 21.3. The van der Waals surface area contributed by atoms with Crippen LogP contribution in [0.1, 0.15) is 33.6 Å². The van der Waals surface area contributed by atoms with E-state index in [0.717, 1.165) is 25.0 Å². The van der Waals surface area contributed by atoms with Crippen molar-refractivity contribution in [3.63, 3.8) is 0 Å². The summed E-state index contributed by atoms with van der Waals surface area (Å²) in [6.45, 7) is 12.4. The lowest BCUT2D eigenvalue weighted by atomic mass is 10.1. The van der Waals surface area contributed by atoms with E-state index in [4.69, 9.17) is 0 Å². The van der Waals surface area contributed by atoms with Crippen LogP contribution in [0.15, 0.2) is 4.99 Å². The third-order valence-corrected chi connectivity index (χ3v) is 5.18. The summed E-state index contributed by atoms with van der Waals surface area (Å²) in [5, 5.41) is 6.90. The number of hydrogen-bond donors (Lipinski definition) is 2. The summed E-state index contributed by atoms with van der Waals surface area (Å²) in [4.78, 5) is 6.88. The molecule has 0 radical (unpaired) electrons. The zero-order chi connectivity index (χ0) is 15.0. The molecule has 21 heavy (non-hydrogen) atoms. The van der Waals surface area contributed by atoms with Crippen molar-refractivity contribution in [1.82, 2.24) is 15.5 Å². The molecule has 0 aromatic carbocycles. The van der Waals surface area contributed by atoms with E-state index in [0.29, 0.717) is 0 Å². The van der Waals surface area contributed by atoms with Gasteiger partial charge < -0.3 is 15.5 Å². The number of nitrogens with one attached hydrogen (secondary N) is 2. The summed E-state index contributed by atoms with van der Waals surface area (Å²) in [6.07, 6.45) is 4.71. The fourth-order valence-electron chi connectivity index (χ4n) is 2.43. The lowest BCUT2D eigenvalue weighted by molar-refractivity contribution is 0.324. The predicted molar refractivity (Wildman–Crippen MR) is 107 cm³/mol. The highest BCUT2D eigenvalue weighted by Crippen LogP contribution is 2.19. The summed E-state index contributed by atoms with van der Waals surface area (Å²) in [7, 11) is 1.85. The number of hydrogen-bond acceptors (Lipinski definition) is 3. The number of guanidine groups is 1. The van der Waals surface area contributed by atoms with Gasteiger partial charge in [-0.2, -0.15) is 11.8 Å². The Labute approximate surface area is 152 Å². The second-order valence-electron chi connectivity index (χ2n) is 6.23. The Hall–Kier alpha value is 0.310. The average molecular weight is 428 g/mol. The van der Waals surface area contributed by atoms with Crippen molar-refractivity contribution >= 4 is 41.7 Å². The normalized spacial score (nSPS) is 20.2. The van der Waals surface area contributed by atoms with Gasteiger partial charge in [-0.25, -0.2) is 0 Å². The first-order valence-corrected chi connectivity index (χ1v) is 8.95. The molecule has 1 saturated heterocycles. The summed E-state index contributed by atoms with van der Waals surface area (Å²) in [5.41, 5.74) is 0. The Morgan fingerprint density at radius 1 is 1.38 bits per heavy atom. The average Bonchev–Trinajstić information content (AvgIpc) is 2.87. The fraction of sp³-hybridized carbons (Fsp3) is 0.933. The molecule has 1 aliphatic rings. The Balaban J connectivity index is 0.00000400. The minimum atomic E-state index is 0. The van der Waals surface area contributed by atoms with Crippen molar-refractivity contribution in [1.29, 1.82) is 0 Å². The van der Waals surface area contributed by atoms with Crippen LogP contribution in [-0.4, -0.2) is 61.6 Å². The molecule has 0 aromatic heterocycles. The van der Waals surface area contributed by atoms with Gasteiger partial charge in [0.2, 0.25) is 0 Å². The van der Waals surface area contributed by atoms with Gasteiger partial charge in [0, 0.05) is 31.4 Å². The van der Waals surface area contributed by atoms with E-state index in [1.807, 2.05) is 18.8 Å². The monoisotopic (exact) mass is 428 g/mol. The quantitative estimate of drug-likeness (QED) is 0.372. The van der Waals surface area contributed by atoms with E-state index < -0.39 is 0 Å². The van der Waals surface area contributed by atoms with E-state index in [1.54, 1.807) is 0 Å². The molecule has 4 nitrogen and oxygen atoms in total. The van der Waals surface area contributed by atoms with Crippen LogP contribution in [0.3, 0.4) is 0 Å². The molecular weight excluding hydrogens is 395 g/mol. The van der Waals surface area contributed by atoms with Crippen LogP contribution >= 0.6 is 35.7 Å².